The lowest BCUT2D eigenvalue weighted by molar-refractivity contribution is -0.111. The van der Waals surface area contributed by atoms with Crippen molar-refractivity contribution in [2.75, 3.05) is 0 Å². The summed E-state index contributed by atoms with van der Waals surface area (Å²) in [6.07, 6.45) is 9.82. The standard InChI is InChI=1S/C13H19NO2/c15-8-14-11-9-3-4-10(11)13-6-2-1-5-12(13,7-9)16-13/h8-11H,1-7H2,(H,14,15)/t9-,10-,11?,12-,13+/m0/s1. The first kappa shape index (κ1) is 9.46. The van der Waals surface area contributed by atoms with E-state index in [1.165, 1.54) is 44.9 Å². The van der Waals surface area contributed by atoms with Crippen LogP contribution in [0, 0.1) is 11.8 Å². The first-order valence-electron chi connectivity index (χ1n) is 6.71. The molecular weight excluding hydrogens is 202 g/mol. The van der Waals surface area contributed by atoms with Crippen molar-refractivity contribution >= 4 is 6.41 Å². The highest BCUT2D eigenvalue weighted by Crippen LogP contribution is 2.71. The minimum absolute atomic E-state index is 0.179. The normalized spacial score (nSPS) is 57.4. The number of carbonyl (C=O) groups excluding carboxylic acids is 1. The van der Waals surface area contributed by atoms with Crippen LogP contribution in [0.15, 0.2) is 0 Å². The second-order valence-electron chi connectivity index (χ2n) is 6.15. The molecule has 0 aromatic heterocycles. The molecule has 3 aliphatic carbocycles. The van der Waals surface area contributed by atoms with E-state index in [9.17, 15) is 4.79 Å². The number of epoxide rings is 1. The average Bonchev–Trinajstić information content (AvgIpc) is 2.86. The summed E-state index contributed by atoms with van der Waals surface area (Å²) in [6.45, 7) is 0. The topological polar surface area (TPSA) is 41.6 Å². The highest BCUT2D eigenvalue weighted by Gasteiger charge is 2.78. The fraction of sp³-hybridized carbons (Fsp3) is 0.923. The van der Waals surface area contributed by atoms with E-state index in [2.05, 4.69) is 5.32 Å². The summed E-state index contributed by atoms with van der Waals surface area (Å²) in [5.74, 6) is 1.29. The van der Waals surface area contributed by atoms with Crippen LogP contribution in [0.25, 0.3) is 0 Å². The van der Waals surface area contributed by atoms with Gasteiger partial charge < -0.3 is 10.1 Å². The zero-order valence-corrected chi connectivity index (χ0v) is 9.58. The number of nitrogens with one attached hydrogen (secondary N) is 1. The van der Waals surface area contributed by atoms with E-state index in [1.54, 1.807) is 0 Å². The predicted molar refractivity (Wildman–Crippen MR) is 58.8 cm³/mol. The largest absolute Gasteiger partial charge is 0.362 e. The van der Waals surface area contributed by atoms with Crippen molar-refractivity contribution in [2.24, 2.45) is 11.8 Å². The van der Waals surface area contributed by atoms with Gasteiger partial charge in [-0.15, -0.1) is 0 Å². The number of hydrogen-bond donors (Lipinski definition) is 1. The monoisotopic (exact) mass is 221 g/mol. The van der Waals surface area contributed by atoms with E-state index in [0.29, 0.717) is 17.9 Å². The second-order valence-corrected chi connectivity index (χ2v) is 6.15. The number of amides is 1. The van der Waals surface area contributed by atoms with Gasteiger partial charge in [0.15, 0.2) is 0 Å². The van der Waals surface area contributed by atoms with Gasteiger partial charge in [-0.1, -0.05) is 12.8 Å². The Labute approximate surface area is 95.9 Å². The van der Waals surface area contributed by atoms with Gasteiger partial charge in [0.2, 0.25) is 6.41 Å². The Bertz CT molecular complexity index is 345. The molecule has 1 saturated heterocycles. The van der Waals surface area contributed by atoms with E-state index in [4.69, 9.17) is 4.74 Å². The second kappa shape index (κ2) is 2.81. The molecule has 0 radical (unpaired) electrons. The molecule has 3 nitrogen and oxygen atoms in total. The molecule has 3 heteroatoms. The Morgan fingerprint density at radius 1 is 1.25 bits per heavy atom. The third kappa shape index (κ3) is 0.885. The zero-order chi connectivity index (χ0) is 10.8. The number of carbonyl (C=O) groups is 1. The molecule has 1 heterocycles. The highest BCUT2D eigenvalue weighted by molar-refractivity contribution is 5.48. The summed E-state index contributed by atoms with van der Waals surface area (Å²) in [4.78, 5) is 10.7. The molecule has 3 saturated carbocycles. The lowest BCUT2D eigenvalue weighted by atomic mass is 9.64. The van der Waals surface area contributed by atoms with Crippen molar-refractivity contribution in [2.45, 2.75) is 62.2 Å². The fourth-order valence-electron chi connectivity index (χ4n) is 5.17. The van der Waals surface area contributed by atoms with Crippen LogP contribution < -0.4 is 5.32 Å². The molecule has 0 aromatic rings. The summed E-state index contributed by atoms with van der Waals surface area (Å²) < 4.78 is 6.27. The lowest BCUT2D eigenvalue weighted by Crippen LogP contribution is -2.52. The molecule has 2 bridgehead atoms. The number of fused-ring (bicyclic) bond motifs is 2. The van der Waals surface area contributed by atoms with E-state index in [1.807, 2.05) is 0 Å². The first-order valence-corrected chi connectivity index (χ1v) is 6.71. The van der Waals surface area contributed by atoms with Crippen molar-refractivity contribution in [3.8, 4) is 0 Å². The summed E-state index contributed by atoms with van der Waals surface area (Å²) in [6, 6.07) is 0.409. The van der Waals surface area contributed by atoms with Gasteiger partial charge >= 0.3 is 0 Å². The quantitative estimate of drug-likeness (QED) is 0.568. The third-order valence-corrected chi connectivity index (χ3v) is 5.73. The van der Waals surface area contributed by atoms with Crippen molar-refractivity contribution in [3.63, 3.8) is 0 Å². The summed E-state index contributed by atoms with van der Waals surface area (Å²) in [5.41, 5.74) is 0.428. The molecule has 16 heavy (non-hydrogen) atoms. The molecular formula is C13H19NO2. The maximum absolute atomic E-state index is 10.7. The SMILES string of the molecule is O=CNC1[C@H]2CC[C@@H]1[C@]13CCCC[C@@]1(C2)O3. The maximum Gasteiger partial charge on any atom is 0.207 e. The number of rotatable bonds is 2. The Hall–Kier alpha value is -0.570. The van der Waals surface area contributed by atoms with Crippen LogP contribution in [0.4, 0.5) is 0 Å². The molecule has 0 spiro atoms. The van der Waals surface area contributed by atoms with E-state index >= 15 is 0 Å². The van der Waals surface area contributed by atoms with Crippen LogP contribution in [-0.4, -0.2) is 23.7 Å². The lowest BCUT2D eigenvalue weighted by Gasteiger charge is -2.39. The Kier molecular flexibility index (Phi) is 1.66. The zero-order valence-electron chi connectivity index (χ0n) is 9.58. The van der Waals surface area contributed by atoms with Gasteiger partial charge in [0, 0.05) is 12.0 Å². The van der Waals surface area contributed by atoms with Crippen LogP contribution in [0.2, 0.25) is 0 Å². The van der Waals surface area contributed by atoms with Crippen molar-refractivity contribution in [1.82, 2.24) is 5.32 Å². The van der Waals surface area contributed by atoms with Crippen molar-refractivity contribution in [3.05, 3.63) is 0 Å². The molecule has 1 unspecified atom stereocenters. The minimum atomic E-state index is 0.179. The van der Waals surface area contributed by atoms with Gasteiger partial charge in [-0.3, -0.25) is 4.79 Å². The average molecular weight is 221 g/mol. The Balaban J connectivity index is 1.69. The molecule has 1 aliphatic heterocycles. The van der Waals surface area contributed by atoms with Gasteiger partial charge in [0.05, 0.1) is 5.60 Å². The van der Waals surface area contributed by atoms with E-state index in [0.717, 1.165) is 6.41 Å². The smallest absolute Gasteiger partial charge is 0.207 e. The Morgan fingerprint density at radius 2 is 2.12 bits per heavy atom. The van der Waals surface area contributed by atoms with Crippen LogP contribution in [-0.2, 0) is 9.53 Å². The Morgan fingerprint density at radius 3 is 3.00 bits per heavy atom. The van der Waals surface area contributed by atoms with Gasteiger partial charge in [-0.05, 0) is 38.0 Å². The fourth-order valence-corrected chi connectivity index (χ4v) is 5.17. The number of ether oxygens (including phenoxy) is 1. The molecule has 4 aliphatic rings. The van der Waals surface area contributed by atoms with Crippen LogP contribution >= 0.6 is 0 Å². The molecule has 1 N–H and O–H groups in total. The maximum atomic E-state index is 10.7. The van der Waals surface area contributed by atoms with Gasteiger partial charge in [-0.25, -0.2) is 0 Å². The van der Waals surface area contributed by atoms with Crippen molar-refractivity contribution < 1.29 is 9.53 Å². The van der Waals surface area contributed by atoms with Crippen LogP contribution in [0.1, 0.15) is 44.9 Å². The highest BCUT2D eigenvalue weighted by atomic mass is 16.6. The molecule has 5 atom stereocenters. The van der Waals surface area contributed by atoms with E-state index in [-0.39, 0.29) is 11.2 Å². The van der Waals surface area contributed by atoms with E-state index < -0.39 is 0 Å². The first-order chi connectivity index (χ1) is 7.81. The molecule has 4 fully saturated rings. The molecule has 1 amide bonds. The van der Waals surface area contributed by atoms with Gasteiger partial charge in [0.1, 0.15) is 5.60 Å². The van der Waals surface area contributed by atoms with Crippen molar-refractivity contribution in [1.29, 1.82) is 0 Å². The summed E-state index contributed by atoms with van der Waals surface area (Å²) in [7, 11) is 0. The minimum Gasteiger partial charge on any atom is -0.362 e. The summed E-state index contributed by atoms with van der Waals surface area (Å²) >= 11 is 0. The molecule has 88 valence electrons. The third-order valence-electron chi connectivity index (χ3n) is 5.73. The molecule has 0 aromatic carbocycles. The number of hydrogen-bond acceptors (Lipinski definition) is 2. The van der Waals surface area contributed by atoms with Crippen LogP contribution in [0.3, 0.4) is 0 Å². The molecule has 4 rings (SSSR count). The summed E-state index contributed by atoms with van der Waals surface area (Å²) in [5, 5.41) is 3.07. The predicted octanol–water partition coefficient (Wildman–Crippen LogP) is 1.61. The van der Waals surface area contributed by atoms with Crippen LogP contribution in [0.5, 0.6) is 0 Å². The van der Waals surface area contributed by atoms with Gasteiger partial charge in [-0.2, -0.15) is 0 Å². The van der Waals surface area contributed by atoms with Gasteiger partial charge in [0.25, 0.3) is 0 Å².